The molecule has 0 saturated carbocycles. The van der Waals surface area contributed by atoms with Crippen LogP contribution in [0.4, 0.5) is 10.1 Å². The van der Waals surface area contributed by atoms with E-state index in [0.29, 0.717) is 0 Å². The van der Waals surface area contributed by atoms with E-state index in [9.17, 15) is 17.6 Å². The minimum atomic E-state index is -4.10. The van der Waals surface area contributed by atoms with Crippen LogP contribution >= 0.6 is 11.6 Å². The lowest BCUT2D eigenvalue weighted by Gasteiger charge is -2.16. The third-order valence-electron chi connectivity index (χ3n) is 3.35. The van der Waals surface area contributed by atoms with Crippen LogP contribution in [0.1, 0.15) is 13.8 Å². The van der Waals surface area contributed by atoms with Crippen molar-refractivity contribution in [1.29, 1.82) is 0 Å². The van der Waals surface area contributed by atoms with Crippen LogP contribution in [0.15, 0.2) is 47.4 Å². The Kier molecular flexibility index (Phi) is 6.57. The van der Waals surface area contributed by atoms with E-state index >= 15 is 0 Å². The fraction of sp³-hybridized carbons (Fsp3) is 0.235. The molecule has 0 heterocycles. The minimum Gasteiger partial charge on any atom is -0.492 e. The number of hydrogen-bond acceptors (Lipinski definition) is 4. The molecule has 2 rings (SSSR count). The summed E-state index contributed by atoms with van der Waals surface area (Å²) in [7, 11) is -4.10. The maximum absolute atomic E-state index is 13.6. The summed E-state index contributed by atoms with van der Waals surface area (Å²) in [6.07, 6.45) is 0. The molecule has 6 nitrogen and oxygen atoms in total. The molecule has 9 heteroatoms. The Bertz CT molecular complexity index is 905. The van der Waals surface area contributed by atoms with E-state index in [2.05, 4.69) is 10.0 Å². The SMILES string of the molecule is CCOc1ccc(Cl)cc1S(=O)(=O)NC(C)C(=O)Nc1ccccc1F. The first-order chi connectivity index (χ1) is 12.2. The van der Waals surface area contributed by atoms with Crippen molar-refractivity contribution in [2.45, 2.75) is 24.8 Å². The highest BCUT2D eigenvalue weighted by molar-refractivity contribution is 7.89. The highest BCUT2D eigenvalue weighted by Crippen LogP contribution is 2.27. The Hall–Kier alpha value is -2.16. The number of benzene rings is 2. The fourth-order valence-corrected chi connectivity index (χ4v) is 3.73. The third-order valence-corrected chi connectivity index (χ3v) is 5.15. The first-order valence-corrected chi connectivity index (χ1v) is 9.60. The van der Waals surface area contributed by atoms with Gasteiger partial charge in [-0.05, 0) is 44.2 Å². The number of anilines is 1. The monoisotopic (exact) mass is 400 g/mol. The molecule has 26 heavy (non-hydrogen) atoms. The van der Waals surface area contributed by atoms with Gasteiger partial charge in [-0.1, -0.05) is 23.7 Å². The predicted molar refractivity (Wildman–Crippen MR) is 97.4 cm³/mol. The second-order valence-corrected chi connectivity index (χ2v) is 7.45. The summed E-state index contributed by atoms with van der Waals surface area (Å²) in [5.41, 5.74) is -0.0405. The zero-order valence-electron chi connectivity index (χ0n) is 14.1. The number of halogens is 2. The lowest BCUT2D eigenvalue weighted by Crippen LogP contribution is -2.41. The van der Waals surface area contributed by atoms with E-state index in [0.717, 1.165) is 0 Å². The van der Waals surface area contributed by atoms with Crippen molar-refractivity contribution in [3.8, 4) is 5.75 Å². The van der Waals surface area contributed by atoms with Crippen molar-refractivity contribution in [2.75, 3.05) is 11.9 Å². The second-order valence-electron chi connectivity index (χ2n) is 5.34. The van der Waals surface area contributed by atoms with Gasteiger partial charge < -0.3 is 10.1 Å². The average molecular weight is 401 g/mol. The molecule has 0 radical (unpaired) electrons. The summed E-state index contributed by atoms with van der Waals surface area (Å²) in [6.45, 7) is 3.31. The molecule has 2 aromatic carbocycles. The largest absolute Gasteiger partial charge is 0.492 e. The zero-order valence-corrected chi connectivity index (χ0v) is 15.7. The van der Waals surface area contributed by atoms with E-state index in [1.165, 1.54) is 43.3 Å². The molecule has 0 spiro atoms. The molecule has 0 aliphatic rings. The van der Waals surface area contributed by atoms with Crippen LogP contribution in [-0.4, -0.2) is 27.0 Å². The van der Waals surface area contributed by atoms with E-state index in [-0.39, 0.29) is 28.0 Å². The Morgan fingerprint density at radius 3 is 2.62 bits per heavy atom. The van der Waals surface area contributed by atoms with Gasteiger partial charge in [0.25, 0.3) is 0 Å². The molecule has 2 aromatic rings. The van der Waals surface area contributed by atoms with Gasteiger partial charge in [-0.25, -0.2) is 12.8 Å². The molecule has 2 N–H and O–H groups in total. The Morgan fingerprint density at radius 2 is 1.96 bits per heavy atom. The molecule has 0 aromatic heterocycles. The van der Waals surface area contributed by atoms with Crippen molar-refractivity contribution < 1.29 is 22.3 Å². The van der Waals surface area contributed by atoms with Crippen molar-refractivity contribution in [1.82, 2.24) is 4.72 Å². The third kappa shape index (κ3) is 4.94. The van der Waals surface area contributed by atoms with Gasteiger partial charge in [0.15, 0.2) is 0 Å². The van der Waals surface area contributed by atoms with Crippen molar-refractivity contribution in [3.05, 3.63) is 53.3 Å². The van der Waals surface area contributed by atoms with E-state index in [4.69, 9.17) is 16.3 Å². The number of rotatable bonds is 7. The smallest absolute Gasteiger partial charge is 0.245 e. The molecule has 0 fully saturated rings. The van der Waals surface area contributed by atoms with Gasteiger partial charge in [0, 0.05) is 5.02 Å². The van der Waals surface area contributed by atoms with Crippen LogP contribution in [0.2, 0.25) is 5.02 Å². The number of carbonyl (C=O) groups is 1. The van der Waals surface area contributed by atoms with Crippen LogP contribution in [0, 0.1) is 5.82 Å². The van der Waals surface area contributed by atoms with Gasteiger partial charge >= 0.3 is 0 Å². The Labute approximate surface area is 156 Å². The highest BCUT2D eigenvalue weighted by atomic mass is 35.5. The quantitative estimate of drug-likeness (QED) is 0.747. The van der Waals surface area contributed by atoms with E-state index in [1.54, 1.807) is 13.0 Å². The van der Waals surface area contributed by atoms with Gasteiger partial charge in [0.2, 0.25) is 15.9 Å². The lowest BCUT2D eigenvalue weighted by molar-refractivity contribution is -0.117. The number of sulfonamides is 1. The summed E-state index contributed by atoms with van der Waals surface area (Å²) < 4.78 is 46.4. The van der Waals surface area contributed by atoms with Crippen LogP contribution in [0.5, 0.6) is 5.75 Å². The Balaban J connectivity index is 2.19. The van der Waals surface area contributed by atoms with Crippen molar-refractivity contribution in [3.63, 3.8) is 0 Å². The van der Waals surface area contributed by atoms with Crippen molar-refractivity contribution in [2.24, 2.45) is 0 Å². The summed E-state index contributed by atoms with van der Waals surface area (Å²) >= 11 is 5.88. The molecule has 0 saturated heterocycles. The Morgan fingerprint density at radius 1 is 1.27 bits per heavy atom. The highest BCUT2D eigenvalue weighted by Gasteiger charge is 2.26. The van der Waals surface area contributed by atoms with Gasteiger partial charge in [0.05, 0.1) is 18.3 Å². The summed E-state index contributed by atoms with van der Waals surface area (Å²) in [5, 5.41) is 2.54. The molecule has 0 aliphatic carbocycles. The first-order valence-electron chi connectivity index (χ1n) is 7.74. The van der Waals surface area contributed by atoms with E-state index < -0.39 is 27.8 Å². The second kappa shape index (κ2) is 8.48. The minimum absolute atomic E-state index is 0.0405. The van der Waals surface area contributed by atoms with Gasteiger partial charge in [-0.3, -0.25) is 4.79 Å². The van der Waals surface area contributed by atoms with Crippen LogP contribution in [0.25, 0.3) is 0 Å². The maximum atomic E-state index is 13.6. The van der Waals surface area contributed by atoms with E-state index in [1.807, 2.05) is 0 Å². The lowest BCUT2D eigenvalue weighted by atomic mass is 10.2. The molecule has 0 aliphatic heterocycles. The number of para-hydroxylation sites is 1. The number of amides is 1. The van der Waals surface area contributed by atoms with Crippen LogP contribution < -0.4 is 14.8 Å². The zero-order chi connectivity index (χ0) is 19.3. The first kappa shape index (κ1) is 20.2. The number of nitrogens with one attached hydrogen (secondary N) is 2. The normalized spacial score (nSPS) is 12.5. The van der Waals surface area contributed by atoms with Crippen molar-refractivity contribution >= 4 is 33.2 Å². The molecular formula is C17H18ClFN2O4S. The van der Waals surface area contributed by atoms with Crippen LogP contribution in [-0.2, 0) is 14.8 Å². The standard InChI is InChI=1S/C17H18ClFN2O4S/c1-3-25-15-9-8-12(18)10-16(15)26(23,24)21-11(2)17(22)20-14-7-5-4-6-13(14)19/h4-11,21H,3H2,1-2H3,(H,20,22). The fourth-order valence-electron chi connectivity index (χ4n) is 2.12. The van der Waals surface area contributed by atoms with Gasteiger partial charge in [-0.2, -0.15) is 4.72 Å². The topological polar surface area (TPSA) is 84.5 Å². The molecule has 1 atom stereocenters. The molecule has 1 amide bonds. The van der Waals surface area contributed by atoms with Gasteiger partial charge in [0.1, 0.15) is 16.5 Å². The molecule has 0 bridgehead atoms. The van der Waals surface area contributed by atoms with Gasteiger partial charge in [-0.15, -0.1) is 0 Å². The maximum Gasteiger partial charge on any atom is 0.245 e. The summed E-state index contributed by atoms with van der Waals surface area (Å²) in [4.78, 5) is 12.0. The average Bonchev–Trinajstić information content (AvgIpc) is 2.58. The number of hydrogen-bond donors (Lipinski definition) is 2. The summed E-state index contributed by atoms with van der Waals surface area (Å²) in [6, 6.07) is 8.59. The van der Waals surface area contributed by atoms with Crippen LogP contribution in [0.3, 0.4) is 0 Å². The summed E-state index contributed by atoms with van der Waals surface area (Å²) in [5.74, 6) is -1.21. The number of ether oxygens (including phenoxy) is 1. The molecule has 140 valence electrons. The number of carbonyl (C=O) groups excluding carboxylic acids is 1. The predicted octanol–water partition coefficient (Wildman–Crippen LogP) is 3.18. The molecular weight excluding hydrogens is 383 g/mol. The molecule has 1 unspecified atom stereocenters.